The number of hydrogen-bond acceptors (Lipinski definition) is 2. The molecular weight excluding hydrogens is 232 g/mol. The van der Waals surface area contributed by atoms with Crippen LogP contribution < -0.4 is 5.73 Å². The first-order valence-electron chi connectivity index (χ1n) is 7.51. The van der Waals surface area contributed by atoms with Crippen LogP contribution in [0, 0.1) is 13.8 Å². The molecule has 1 unspecified atom stereocenters. The fourth-order valence-corrected chi connectivity index (χ4v) is 2.83. The molecular formula is C17H30N2. The van der Waals surface area contributed by atoms with Crippen LogP contribution in [0.15, 0.2) is 18.2 Å². The Morgan fingerprint density at radius 3 is 2.05 bits per heavy atom. The van der Waals surface area contributed by atoms with Gasteiger partial charge in [-0.05, 0) is 52.3 Å². The van der Waals surface area contributed by atoms with Crippen molar-refractivity contribution in [3.63, 3.8) is 0 Å². The van der Waals surface area contributed by atoms with Crippen LogP contribution in [0.5, 0.6) is 0 Å². The summed E-state index contributed by atoms with van der Waals surface area (Å²) in [5.74, 6) is 0. The monoisotopic (exact) mass is 262 g/mol. The molecule has 1 rings (SSSR count). The Labute approximate surface area is 119 Å². The summed E-state index contributed by atoms with van der Waals surface area (Å²) in [6.45, 7) is 9.86. The minimum Gasteiger partial charge on any atom is -0.324 e. The Hall–Kier alpha value is -0.860. The van der Waals surface area contributed by atoms with E-state index in [-0.39, 0.29) is 6.04 Å². The van der Waals surface area contributed by atoms with Crippen molar-refractivity contribution in [2.45, 2.75) is 59.0 Å². The van der Waals surface area contributed by atoms with Crippen molar-refractivity contribution < 1.29 is 0 Å². The van der Waals surface area contributed by atoms with Crippen LogP contribution in [0.2, 0.25) is 0 Å². The number of rotatable bonds is 7. The molecule has 2 heteroatoms. The molecule has 0 radical (unpaired) electrons. The number of hydrogen-bond donors (Lipinski definition) is 1. The largest absolute Gasteiger partial charge is 0.324 e. The standard InChI is InChI=1S/C17H30N2/c1-6-16(7-2)19(5)9-8-17(18)15-11-13(3)10-14(4)12-15/h10-12,16-17H,6-9,18H2,1-5H3. The third-order valence-corrected chi connectivity index (χ3v) is 4.03. The summed E-state index contributed by atoms with van der Waals surface area (Å²) < 4.78 is 0. The molecule has 0 aliphatic rings. The van der Waals surface area contributed by atoms with Crippen molar-refractivity contribution in [2.75, 3.05) is 13.6 Å². The van der Waals surface area contributed by atoms with Crippen LogP contribution in [0.25, 0.3) is 0 Å². The normalized spacial score (nSPS) is 13.3. The van der Waals surface area contributed by atoms with Gasteiger partial charge in [-0.15, -0.1) is 0 Å². The van der Waals surface area contributed by atoms with E-state index in [4.69, 9.17) is 5.73 Å². The van der Waals surface area contributed by atoms with Gasteiger partial charge in [0, 0.05) is 12.1 Å². The molecule has 1 aromatic carbocycles. The van der Waals surface area contributed by atoms with Gasteiger partial charge in [0.25, 0.3) is 0 Å². The highest BCUT2D eigenvalue weighted by Crippen LogP contribution is 2.19. The van der Waals surface area contributed by atoms with Gasteiger partial charge >= 0.3 is 0 Å². The maximum absolute atomic E-state index is 6.34. The van der Waals surface area contributed by atoms with Crippen LogP contribution in [-0.4, -0.2) is 24.5 Å². The third kappa shape index (κ3) is 4.96. The van der Waals surface area contributed by atoms with Gasteiger partial charge in [0.1, 0.15) is 0 Å². The van der Waals surface area contributed by atoms with Gasteiger partial charge in [0.2, 0.25) is 0 Å². The molecule has 2 N–H and O–H groups in total. The zero-order valence-corrected chi connectivity index (χ0v) is 13.2. The van der Waals surface area contributed by atoms with Crippen LogP contribution in [0.1, 0.15) is 55.8 Å². The van der Waals surface area contributed by atoms with Gasteiger partial charge in [-0.3, -0.25) is 0 Å². The van der Waals surface area contributed by atoms with Crippen molar-refractivity contribution >= 4 is 0 Å². The first-order valence-corrected chi connectivity index (χ1v) is 7.51. The highest BCUT2D eigenvalue weighted by atomic mass is 15.1. The van der Waals surface area contributed by atoms with Gasteiger partial charge in [-0.1, -0.05) is 43.2 Å². The van der Waals surface area contributed by atoms with Crippen LogP contribution >= 0.6 is 0 Å². The van der Waals surface area contributed by atoms with Crippen LogP contribution in [0.3, 0.4) is 0 Å². The van der Waals surface area contributed by atoms with Crippen molar-refractivity contribution in [3.05, 3.63) is 34.9 Å². The molecule has 108 valence electrons. The average molecular weight is 262 g/mol. The van der Waals surface area contributed by atoms with E-state index >= 15 is 0 Å². The molecule has 0 bridgehead atoms. The molecule has 0 fully saturated rings. The Bertz CT molecular complexity index is 363. The lowest BCUT2D eigenvalue weighted by molar-refractivity contribution is 0.222. The topological polar surface area (TPSA) is 29.3 Å². The van der Waals surface area contributed by atoms with Crippen LogP contribution in [-0.2, 0) is 0 Å². The van der Waals surface area contributed by atoms with E-state index in [1.165, 1.54) is 29.5 Å². The van der Waals surface area contributed by atoms with E-state index in [2.05, 4.69) is 57.8 Å². The second-order valence-corrected chi connectivity index (χ2v) is 5.77. The fraction of sp³-hybridized carbons (Fsp3) is 0.647. The van der Waals surface area contributed by atoms with Crippen molar-refractivity contribution in [3.8, 4) is 0 Å². The Balaban J connectivity index is 2.57. The maximum atomic E-state index is 6.34. The quantitative estimate of drug-likeness (QED) is 0.809. The third-order valence-electron chi connectivity index (χ3n) is 4.03. The van der Waals surface area contributed by atoms with Crippen molar-refractivity contribution in [2.24, 2.45) is 5.73 Å². The number of nitrogens with two attached hydrogens (primary N) is 1. The van der Waals surface area contributed by atoms with Gasteiger partial charge in [-0.2, -0.15) is 0 Å². The molecule has 0 saturated heterocycles. The lowest BCUT2D eigenvalue weighted by Crippen LogP contribution is -2.33. The lowest BCUT2D eigenvalue weighted by Gasteiger charge is -2.27. The van der Waals surface area contributed by atoms with Crippen LogP contribution in [0.4, 0.5) is 0 Å². The lowest BCUT2D eigenvalue weighted by atomic mass is 9.99. The summed E-state index contributed by atoms with van der Waals surface area (Å²) in [7, 11) is 2.21. The smallest absolute Gasteiger partial charge is 0.0307 e. The molecule has 2 nitrogen and oxygen atoms in total. The Morgan fingerprint density at radius 2 is 1.58 bits per heavy atom. The zero-order valence-electron chi connectivity index (χ0n) is 13.2. The first-order chi connectivity index (χ1) is 8.97. The molecule has 0 heterocycles. The first kappa shape index (κ1) is 16.2. The molecule has 0 saturated carbocycles. The molecule has 0 aliphatic carbocycles. The summed E-state index contributed by atoms with van der Waals surface area (Å²) in [5, 5.41) is 0. The summed E-state index contributed by atoms with van der Waals surface area (Å²) in [6, 6.07) is 7.47. The van der Waals surface area contributed by atoms with E-state index in [0.29, 0.717) is 6.04 Å². The van der Waals surface area contributed by atoms with Gasteiger partial charge in [-0.25, -0.2) is 0 Å². The zero-order chi connectivity index (χ0) is 14.4. The Morgan fingerprint density at radius 1 is 1.05 bits per heavy atom. The molecule has 1 atom stereocenters. The highest BCUT2D eigenvalue weighted by Gasteiger charge is 2.13. The minimum atomic E-state index is 0.149. The van der Waals surface area contributed by atoms with E-state index in [1.807, 2.05) is 0 Å². The molecule has 0 amide bonds. The molecule has 0 spiro atoms. The SMILES string of the molecule is CCC(CC)N(C)CCC(N)c1cc(C)cc(C)c1. The average Bonchev–Trinajstić information content (AvgIpc) is 2.36. The second kappa shape index (κ2) is 7.66. The minimum absolute atomic E-state index is 0.149. The number of benzene rings is 1. The molecule has 19 heavy (non-hydrogen) atoms. The predicted molar refractivity (Wildman–Crippen MR) is 84.5 cm³/mol. The second-order valence-electron chi connectivity index (χ2n) is 5.77. The summed E-state index contributed by atoms with van der Waals surface area (Å²) in [6.07, 6.45) is 3.45. The van der Waals surface area contributed by atoms with Gasteiger partial charge in [0.05, 0.1) is 0 Å². The summed E-state index contributed by atoms with van der Waals surface area (Å²) in [5.41, 5.74) is 10.2. The number of nitrogens with zero attached hydrogens (tertiary/aromatic N) is 1. The number of aryl methyl sites for hydroxylation is 2. The van der Waals surface area contributed by atoms with Gasteiger partial charge in [0.15, 0.2) is 0 Å². The maximum Gasteiger partial charge on any atom is 0.0307 e. The Kier molecular flexibility index (Phi) is 6.53. The molecule has 0 aromatic heterocycles. The summed E-state index contributed by atoms with van der Waals surface area (Å²) >= 11 is 0. The van der Waals surface area contributed by atoms with E-state index in [0.717, 1.165) is 13.0 Å². The van der Waals surface area contributed by atoms with E-state index < -0.39 is 0 Å². The van der Waals surface area contributed by atoms with E-state index in [1.54, 1.807) is 0 Å². The van der Waals surface area contributed by atoms with Crippen molar-refractivity contribution in [1.82, 2.24) is 4.90 Å². The predicted octanol–water partition coefficient (Wildman–Crippen LogP) is 3.81. The highest BCUT2D eigenvalue weighted by molar-refractivity contribution is 5.30. The molecule has 0 aliphatic heterocycles. The molecule has 1 aromatic rings. The van der Waals surface area contributed by atoms with Crippen molar-refractivity contribution in [1.29, 1.82) is 0 Å². The fourth-order valence-electron chi connectivity index (χ4n) is 2.83. The van der Waals surface area contributed by atoms with Gasteiger partial charge < -0.3 is 10.6 Å². The van der Waals surface area contributed by atoms with E-state index in [9.17, 15) is 0 Å². The summed E-state index contributed by atoms with van der Waals surface area (Å²) in [4.78, 5) is 2.45.